The van der Waals surface area contributed by atoms with Gasteiger partial charge in [-0.3, -0.25) is 9.69 Å². The third-order valence-electron chi connectivity index (χ3n) is 3.57. The predicted octanol–water partition coefficient (Wildman–Crippen LogP) is 2.16. The number of rotatable bonds is 6. The van der Waals surface area contributed by atoms with Crippen molar-refractivity contribution in [3.8, 4) is 23.0 Å². The molecule has 2 aromatic carbocycles. The Kier molecular flexibility index (Phi) is 7.13. The molecule has 0 aliphatic heterocycles. The Labute approximate surface area is 160 Å². The molecule has 0 atom stereocenters. The zero-order chi connectivity index (χ0) is 19.9. The minimum atomic E-state index is -3.59. The number of carbonyl (C=O) groups is 1. The molecule has 0 bridgehead atoms. The van der Waals surface area contributed by atoms with Gasteiger partial charge in [0.25, 0.3) is 0 Å². The Morgan fingerprint density at radius 2 is 1.52 bits per heavy atom. The molecule has 0 aromatic heterocycles. The lowest BCUT2D eigenvalue weighted by atomic mass is 10.1. The largest absolute Gasteiger partial charge is 0.326 e. The molecule has 2 aromatic rings. The number of sulfonamides is 1. The van der Waals surface area contributed by atoms with Gasteiger partial charge < -0.3 is 5.32 Å². The summed E-state index contributed by atoms with van der Waals surface area (Å²) in [6.07, 6.45) is 0. The summed E-state index contributed by atoms with van der Waals surface area (Å²) in [5.74, 6) is 5.54. The van der Waals surface area contributed by atoms with E-state index in [1.807, 2.05) is 31.1 Å². The predicted molar refractivity (Wildman–Crippen MR) is 108 cm³/mol. The minimum Gasteiger partial charge on any atom is -0.326 e. The van der Waals surface area contributed by atoms with Crippen molar-refractivity contribution in [2.24, 2.45) is 0 Å². The number of benzene rings is 2. The van der Waals surface area contributed by atoms with Gasteiger partial charge in [0.15, 0.2) is 0 Å². The van der Waals surface area contributed by atoms with Gasteiger partial charge in [-0.2, -0.15) is 4.72 Å². The molecule has 0 heterocycles. The fourth-order valence-corrected chi connectivity index (χ4v) is 3.19. The first-order valence-electron chi connectivity index (χ1n) is 8.36. The normalized spacial score (nSPS) is 11.0. The first-order chi connectivity index (χ1) is 12.8. The van der Waals surface area contributed by atoms with Gasteiger partial charge in [-0.25, -0.2) is 8.42 Å². The second-order valence-electron chi connectivity index (χ2n) is 6.20. The summed E-state index contributed by atoms with van der Waals surface area (Å²) < 4.78 is 27.1. The lowest BCUT2D eigenvalue weighted by molar-refractivity contribution is -0.114. The van der Waals surface area contributed by atoms with Crippen molar-refractivity contribution >= 4 is 21.6 Å². The van der Waals surface area contributed by atoms with Gasteiger partial charge in [0.1, 0.15) is 0 Å². The Morgan fingerprint density at radius 1 is 0.963 bits per heavy atom. The average molecular weight is 385 g/mol. The molecule has 7 heteroatoms. The van der Waals surface area contributed by atoms with Crippen LogP contribution in [0, 0.1) is 11.8 Å². The molecule has 0 saturated heterocycles. The van der Waals surface area contributed by atoms with Crippen LogP contribution in [-0.4, -0.2) is 46.4 Å². The van der Waals surface area contributed by atoms with Gasteiger partial charge in [-0.05, 0) is 49.5 Å². The molecule has 142 valence electrons. The topological polar surface area (TPSA) is 78.5 Å². The zero-order valence-electron chi connectivity index (χ0n) is 15.6. The second-order valence-corrected chi connectivity index (χ2v) is 7.97. The van der Waals surface area contributed by atoms with Crippen molar-refractivity contribution in [2.45, 2.75) is 11.8 Å². The van der Waals surface area contributed by atoms with Crippen molar-refractivity contribution in [3.63, 3.8) is 0 Å². The lowest BCUT2D eigenvalue weighted by Gasteiger charge is -2.07. The van der Waals surface area contributed by atoms with Crippen molar-refractivity contribution in [2.75, 3.05) is 32.5 Å². The lowest BCUT2D eigenvalue weighted by Crippen LogP contribution is -2.24. The van der Waals surface area contributed by atoms with Gasteiger partial charge in [0, 0.05) is 12.6 Å². The monoisotopic (exact) mass is 385 g/mol. The Morgan fingerprint density at radius 3 is 2.04 bits per heavy atom. The maximum absolute atomic E-state index is 12.3. The molecule has 2 N–H and O–H groups in total. The molecule has 0 fully saturated rings. The molecule has 0 radical (unpaired) electrons. The molecule has 6 nitrogen and oxygen atoms in total. The van der Waals surface area contributed by atoms with Crippen LogP contribution >= 0.6 is 0 Å². The highest BCUT2D eigenvalue weighted by Crippen LogP contribution is 2.23. The maximum Gasteiger partial charge on any atom is 0.241 e. The summed E-state index contributed by atoms with van der Waals surface area (Å²) in [4.78, 5) is 13.2. The standard InChI is InChI=1S/C20H23N3O3S/c1-16(24)22-19-10-6-17(7-11-19)18-8-12-20(13-9-18)27(25,26)21-14-4-5-15-23(2)3/h6-13,21H,14-15H2,1-3H3,(H,22,24). The Balaban J connectivity index is 2.05. The summed E-state index contributed by atoms with van der Waals surface area (Å²) in [5.41, 5.74) is 2.52. The Bertz CT molecular complexity index is 939. The van der Waals surface area contributed by atoms with Gasteiger partial charge in [0.05, 0.1) is 18.0 Å². The molecule has 27 heavy (non-hydrogen) atoms. The van der Waals surface area contributed by atoms with Crippen LogP contribution in [0.25, 0.3) is 11.1 Å². The van der Waals surface area contributed by atoms with Gasteiger partial charge in [-0.1, -0.05) is 36.1 Å². The van der Waals surface area contributed by atoms with Crippen LogP contribution < -0.4 is 10.0 Å². The van der Waals surface area contributed by atoms with Crippen molar-refractivity contribution in [1.29, 1.82) is 0 Å². The highest BCUT2D eigenvalue weighted by atomic mass is 32.2. The van der Waals surface area contributed by atoms with Crippen LogP contribution in [0.4, 0.5) is 5.69 Å². The SMILES string of the molecule is CC(=O)Nc1ccc(-c2ccc(S(=O)(=O)NCC#CCN(C)C)cc2)cc1. The molecule has 0 aliphatic rings. The van der Waals surface area contributed by atoms with E-state index in [1.165, 1.54) is 6.92 Å². The second kappa shape index (κ2) is 9.33. The van der Waals surface area contributed by atoms with E-state index >= 15 is 0 Å². The van der Waals surface area contributed by atoms with E-state index in [1.54, 1.807) is 36.4 Å². The molecular weight excluding hydrogens is 362 g/mol. The van der Waals surface area contributed by atoms with Crippen LogP contribution in [-0.2, 0) is 14.8 Å². The van der Waals surface area contributed by atoms with E-state index in [4.69, 9.17) is 0 Å². The number of nitrogens with zero attached hydrogens (tertiary/aromatic N) is 1. The van der Waals surface area contributed by atoms with E-state index in [0.717, 1.165) is 11.1 Å². The molecule has 1 amide bonds. The number of hydrogen-bond acceptors (Lipinski definition) is 4. The fraction of sp³-hybridized carbons (Fsp3) is 0.250. The molecule has 0 spiro atoms. The van der Waals surface area contributed by atoms with Crippen LogP contribution in [0.3, 0.4) is 0 Å². The molecule has 2 rings (SSSR count). The average Bonchev–Trinajstić information content (AvgIpc) is 2.61. The van der Waals surface area contributed by atoms with Crippen LogP contribution in [0.1, 0.15) is 6.92 Å². The van der Waals surface area contributed by atoms with Crippen LogP contribution in [0.5, 0.6) is 0 Å². The number of carbonyl (C=O) groups excluding carboxylic acids is 1. The van der Waals surface area contributed by atoms with Crippen molar-refractivity contribution in [3.05, 3.63) is 48.5 Å². The van der Waals surface area contributed by atoms with Gasteiger partial charge in [-0.15, -0.1) is 0 Å². The quantitative estimate of drug-likeness (QED) is 0.747. The Hall–Kier alpha value is -2.66. The summed E-state index contributed by atoms with van der Waals surface area (Å²) in [7, 11) is 0.199. The fourth-order valence-electron chi connectivity index (χ4n) is 2.27. The smallest absolute Gasteiger partial charge is 0.241 e. The van der Waals surface area contributed by atoms with E-state index in [0.29, 0.717) is 12.2 Å². The third kappa shape index (κ3) is 6.53. The van der Waals surface area contributed by atoms with Crippen LogP contribution in [0.15, 0.2) is 53.4 Å². The van der Waals surface area contributed by atoms with Gasteiger partial charge in [0.2, 0.25) is 15.9 Å². The summed E-state index contributed by atoms with van der Waals surface area (Å²) in [6, 6.07) is 14.0. The third-order valence-corrected chi connectivity index (χ3v) is 4.99. The molecule has 0 unspecified atom stereocenters. The minimum absolute atomic E-state index is 0.0720. The molecular formula is C20H23N3O3S. The zero-order valence-corrected chi connectivity index (χ0v) is 16.4. The van der Waals surface area contributed by atoms with E-state index in [-0.39, 0.29) is 17.3 Å². The number of anilines is 1. The molecule has 0 aliphatic carbocycles. The van der Waals surface area contributed by atoms with Crippen LogP contribution in [0.2, 0.25) is 0 Å². The summed E-state index contributed by atoms with van der Waals surface area (Å²) in [5, 5.41) is 2.71. The highest BCUT2D eigenvalue weighted by molar-refractivity contribution is 7.89. The molecule has 0 saturated carbocycles. The first kappa shape index (κ1) is 20.6. The van der Waals surface area contributed by atoms with Crippen molar-refractivity contribution in [1.82, 2.24) is 9.62 Å². The highest BCUT2D eigenvalue weighted by Gasteiger charge is 2.12. The van der Waals surface area contributed by atoms with Crippen molar-refractivity contribution < 1.29 is 13.2 Å². The number of hydrogen-bond donors (Lipinski definition) is 2. The number of nitrogens with one attached hydrogen (secondary N) is 2. The maximum atomic E-state index is 12.3. The summed E-state index contributed by atoms with van der Waals surface area (Å²) >= 11 is 0. The summed E-state index contributed by atoms with van der Waals surface area (Å²) in [6.45, 7) is 2.11. The van der Waals surface area contributed by atoms with E-state index in [9.17, 15) is 13.2 Å². The van der Waals surface area contributed by atoms with E-state index < -0.39 is 10.0 Å². The van der Waals surface area contributed by atoms with Gasteiger partial charge >= 0.3 is 0 Å². The van der Waals surface area contributed by atoms with E-state index in [2.05, 4.69) is 21.9 Å². The first-order valence-corrected chi connectivity index (χ1v) is 9.84. The number of amides is 1.